The SMILES string of the molecule is O=c1[nH]cnc2c1ncn2CCC(C=C(F)F)P(=O)(O)O. The van der Waals surface area contributed by atoms with Crippen LogP contribution in [0.2, 0.25) is 0 Å². The molecule has 21 heavy (non-hydrogen) atoms. The number of rotatable bonds is 5. The standard InChI is InChI=1S/C10H11F2N4O4P/c11-7(12)3-6(21(18,19)20)1-2-16-5-15-8-9(16)13-4-14-10(8)17/h3-6H,1-2H2,(H,13,14,17)(H2,18,19,20). The summed E-state index contributed by atoms with van der Waals surface area (Å²) in [6.45, 7) is -0.0213. The van der Waals surface area contributed by atoms with E-state index in [4.69, 9.17) is 9.79 Å². The molecule has 0 spiro atoms. The van der Waals surface area contributed by atoms with Gasteiger partial charge in [-0.05, 0) is 12.5 Å². The normalized spacial score (nSPS) is 13.3. The van der Waals surface area contributed by atoms with Crippen molar-refractivity contribution in [1.29, 1.82) is 0 Å². The lowest BCUT2D eigenvalue weighted by Gasteiger charge is -2.14. The Kier molecular flexibility index (Phi) is 4.31. The van der Waals surface area contributed by atoms with Gasteiger partial charge in [-0.2, -0.15) is 8.78 Å². The Morgan fingerprint density at radius 2 is 2.19 bits per heavy atom. The van der Waals surface area contributed by atoms with Gasteiger partial charge in [-0.25, -0.2) is 9.97 Å². The number of halogens is 2. The molecule has 3 N–H and O–H groups in total. The van der Waals surface area contributed by atoms with Gasteiger partial charge in [-0.3, -0.25) is 9.36 Å². The number of hydrogen-bond donors (Lipinski definition) is 3. The molecule has 0 fully saturated rings. The number of aromatic amines is 1. The second kappa shape index (κ2) is 5.84. The molecule has 0 aromatic carbocycles. The largest absolute Gasteiger partial charge is 0.332 e. The molecule has 0 aliphatic carbocycles. The fourth-order valence-corrected chi connectivity index (χ4v) is 2.58. The average molecular weight is 320 g/mol. The predicted molar refractivity (Wildman–Crippen MR) is 68.9 cm³/mol. The topological polar surface area (TPSA) is 121 Å². The Morgan fingerprint density at radius 3 is 2.81 bits per heavy atom. The Labute approximate surface area is 116 Å². The van der Waals surface area contributed by atoms with Gasteiger partial charge in [0.25, 0.3) is 11.6 Å². The van der Waals surface area contributed by atoms with Crippen molar-refractivity contribution >= 4 is 18.8 Å². The van der Waals surface area contributed by atoms with E-state index in [1.54, 1.807) is 0 Å². The second-order valence-electron chi connectivity index (χ2n) is 4.24. The van der Waals surface area contributed by atoms with E-state index in [1.165, 1.54) is 10.9 Å². The molecule has 0 saturated heterocycles. The minimum absolute atomic E-state index is 0.0213. The number of nitrogens with one attached hydrogen (secondary N) is 1. The van der Waals surface area contributed by atoms with Gasteiger partial charge in [0.15, 0.2) is 11.2 Å². The van der Waals surface area contributed by atoms with Crippen molar-refractivity contribution in [3.8, 4) is 0 Å². The zero-order chi connectivity index (χ0) is 15.6. The molecule has 2 heterocycles. The molecule has 0 radical (unpaired) electrons. The van der Waals surface area contributed by atoms with Crippen LogP contribution in [0.5, 0.6) is 0 Å². The van der Waals surface area contributed by atoms with Crippen LogP contribution in [0, 0.1) is 0 Å². The van der Waals surface area contributed by atoms with E-state index in [1.807, 2.05) is 0 Å². The molecule has 2 aromatic heterocycles. The summed E-state index contributed by atoms with van der Waals surface area (Å²) in [6.07, 6.45) is 0.249. The molecule has 0 saturated carbocycles. The number of hydrogen-bond acceptors (Lipinski definition) is 4. The number of allylic oxidation sites excluding steroid dienone is 1. The highest BCUT2D eigenvalue weighted by molar-refractivity contribution is 7.52. The summed E-state index contributed by atoms with van der Waals surface area (Å²) < 4.78 is 37.0. The quantitative estimate of drug-likeness (QED) is 0.702. The Hall–Kier alpha value is -1.90. The van der Waals surface area contributed by atoms with E-state index < -0.39 is 24.9 Å². The summed E-state index contributed by atoms with van der Waals surface area (Å²) in [4.78, 5) is 39.6. The zero-order valence-electron chi connectivity index (χ0n) is 10.5. The molecule has 0 aliphatic heterocycles. The van der Waals surface area contributed by atoms with E-state index in [9.17, 15) is 18.1 Å². The third-order valence-corrected chi connectivity index (χ3v) is 4.10. The molecule has 2 rings (SSSR count). The van der Waals surface area contributed by atoms with Crippen molar-refractivity contribution in [3.05, 3.63) is 35.2 Å². The van der Waals surface area contributed by atoms with Crippen LogP contribution in [0.25, 0.3) is 11.2 Å². The molecule has 8 nitrogen and oxygen atoms in total. The molecule has 2 aromatic rings. The molecule has 0 aliphatic rings. The third-order valence-electron chi connectivity index (χ3n) is 2.82. The number of imidazole rings is 1. The van der Waals surface area contributed by atoms with Crippen molar-refractivity contribution in [2.24, 2.45) is 0 Å². The average Bonchev–Trinajstić information content (AvgIpc) is 2.77. The van der Waals surface area contributed by atoms with Crippen molar-refractivity contribution in [2.75, 3.05) is 0 Å². The van der Waals surface area contributed by atoms with Crippen molar-refractivity contribution in [3.63, 3.8) is 0 Å². The minimum Gasteiger partial charge on any atom is -0.324 e. The summed E-state index contributed by atoms with van der Waals surface area (Å²) in [6, 6.07) is 0. The van der Waals surface area contributed by atoms with Gasteiger partial charge < -0.3 is 19.3 Å². The second-order valence-corrected chi connectivity index (χ2v) is 6.08. The van der Waals surface area contributed by atoms with Crippen molar-refractivity contribution in [1.82, 2.24) is 19.5 Å². The minimum atomic E-state index is -4.70. The fraction of sp³-hybridized carbons (Fsp3) is 0.300. The molecule has 1 unspecified atom stereocenters. The summed E-state index contributed by atoms with van der Waals surface area (Å²) >= 11 is 0. The molecule has 114 valence electrons. The number of aromatic nitrogens is 4. The van der Waals surface area contributed by atoms with E-state index in [2.05, 4.69) is 15.0 Å². The first-order chi connectivity index (χ1) is 9.79. The van der Waals surface area contributed by atoms with Gasteiger partial charge >= 0.3 is 7.60 Å². The number of nitrogens with zero attached hydrogens (tertiary/aromatic N) is 3. The van der Waals surface area contributed by atoms with Gasteiger partial charge in [-0.1, -0.05) is 0 Å². The molecule has 1 atom stereocenters. The first-order valence-corrected chi connectivity index (χ1v) is 7.43. The summed E-state index contributed by atoms with van der Waals surface area (Å²) in [5.41, 5.74) is -1.78. The Morgan fingerprint density at radius 1 is 1.48 bits per heavy atom. The highest BCUT2D eigenvalue weighted by atomic mass is 31.2. The summed E-state index contributed by atoms with van der Waals surface area (Å²) in [5, 5.41) is 0. The number of aryl methyl sites for hydroxylation is 1. The highest BCUT2D eigenvalue weighted by Crippen LogP contribution is 2.44. The molecule has 0 bridgehead atoms. The lowest BCUT2D eigenvalue weighted by atomic mass is 10.3. The smallest absolute Gasteiger partial charge is 0.324 e. The van der Waals surface area contributed by atoms with Gasteiger partial charge in [0, 0.05) is 6.54 Å². The van der Waals surface area contributed by atoms with E-state index >= 15 is 0 Å². The van der Waals surface area contributed by atoms with Gasteiger partial charge in [0.05, 0.1) is 18.3 Å². The van der Waals surface area contributed by atoms with E-state index in [0.717, 1.165) is 6.33 Å². The van der Waals surface area contributed by atoms with Gasteiger partial charge in [-0.15, -0.1) is 0 Å². The Balaban J connectivity index is 2.24. The van der Waals surface area contributed by atoms with Crippen LogP contribution in [0.15, 0.2) is 29.6 Å². The molecular formula is C10H11F2N4O4P. The number of fused-ring (bicyclic) bond motifs is 1. The van der Waals surface area contributed by atoms with Crippen LogP contribution in [0.1, 0.15) is 6.42 Å². The van der Waals surface area contributed by atoms with E-state index in [0.29, 0.717) is 0 Å². The summed E-state index contributed by atoms with van der Waals surface area (Å²) in [5.74, 6) is 0. The van der Waals surface area contributed by atoms with Crippen molar-refractivity contribution < 1.29 is 23.1 Å². The van der Waals surface area contributed by atoms with Crippen LogP contribution in [0.3, 0.4) is 0 Å². The zero-order valence-corrected chi connectivity index (χ0v) is 11.4. The van der Waals surface area contributed by atoms with Crippen LogP contribution < -0.4 is 5.56 Å². The molecule has 11 heteroatoms. The molecule has 0 amide bonds. The maximum Gasteiger partial charge on any atom is 0.332 e. The monoisotopic (exact) mass is 320 g/mol. The third kappa shape index (κ3) is 3.60. The first kappa shape index (κ1) is 15.5. The van der Waals surface area contributed by atoms with Crippen LogP contribution in [-0.2, 0) is 11.1 Å². The first-order valence-electron chi connectivity index (χ1n) is 5.75. The van der Waals surface area contributed by atoms with Crippen LogP contribution in [0.4, 0.5) is 8.78 Å². The lowest BCUT2D eigenvalue weighted by Crippen LogP contribution is -2.11. The van der Waals surface area contributed by atoms with Gasteiger partial charge in [0.1, 0.15) is 0 Å². The van der Waals surface area contributed by atoms with Crippen LogP contribution >= 0.6 is 7.60 Å². The predicted octanol–water partition coefficient (Wildman–Crippen LogP) is 0.836. The maximum absolute atomic E-state index is 12.2. The Bertz CT molecular complexity index is 777. The molecular weight excluding hydrogens is 309 g/mol. The van der Waals surface area contributed by atoms with Gasteiger partial charge in [0.2, 0.25) is 0 Å². The van der Waals surface area contributed by atoms with Crippen LogP contribution in [-0.4, -0.2) is 35.0 Å². The van der Waals surface area contributed by atoms with Crippen molar-refractivity contribution in [2.45, 2.75) is 18.6 Å². The summed E-state index contributed by atoms with van der Waals surface area (Å²) in [7, 11) is -4.70. The fourth-order valence-electron chi connectivity index (χ4n) is 1.82. The number of H-pyrrole nitrogens is 1. The maximum atomic E-state index is 12.2. The lowest BCUT2D eigenvalue weighted by molar-refractivity contribution is 0.355. The highest BCUT2D eigenvalue weighted by Gasteiger charge is 2.27. The van der Waals surface area contributed by atoms with E-state index in [-0.39, 0.29) is 30.2 Å².